The number of nitrogens with zero attached hydrogens (tertiary/aromatic N) is 2. The van der Waals surface area contributed by atoms with E-state index in [4.69, 9.17) is 11.6 Å². The van der Waals surface area contributed by atoms with Crippen LogP contribution in [0, 0.1) is 0 Å². The quantitative estimate of drug-likeness (QED) is 0.800. The molecule has 90 valence electrons. The van der Waals surface area contributed by atoms with E-state index in [-0.39, 0.29) is 5.56 Å². The molecule has 1 aliphatic rings. The number of hydrogen-bond donors (Lipinski definition) is 2. The van der Waals surface area contributed by atoms with Crippen LogP contribution in [0.15, 0.2) is 17.1 Å². The van der Waals surface area contributed by atoms with Crippen molar-refractivity contribution in [1.29, 1.82) is 0 Å². The van der Waals surface area contributed by atoms with E-state index in [9.17, 15) is 4.79 Å². The summed E-state index contributed by atoms with van der Waals surface area (Å²) in [6.07, 6.45) is 3.62. The Morgan fingerprint density at radius 1 is 1.41 bits per heavy atom. The molecule has 0 aromatic carbocycles. The van der Waals surface area contributed by atoms with Crippen molar-refractivity contribution >= 4 is 17.2 Å². The maximum atomic E-state index is 11.9. The molecule has 3 rings (SSSR count). The van der Waals surface area contributed by atoms with Crippen molar-refractivity contribution in [3.8, 4) is 0 Å². The maximum Gasteiger partial charge on any atom is 0.272 e. The molecule has 2 aromatic rings. The van der Waals surface area contributed by atoms with Crippen LogP contribution >= 0.6 is 11.6 Å². The van der Waals surface area contributed by atoms with Crippen LogP contribution in [0.4, 0.5) is 0 Å². The first-order valence-corrected chi connectivity index (χ1v) is 6.11. The summed E-state index contributed by atoms with van der Waals surface area (Å²) in [5.74, 6) is 0.361. The van der Waals surface area contributed by atoms with Gasteiger partial charge < -0.3 is 5.32 Å². The van der Waals surface area contributed by atoms with Gasteiger partial charge in [-0.15, -0.1) is 0 Å². The lowest BCUT2D eigenvalue weighted by Gasteiger charge is -2.21. The summed E-state index contributed by atoms with van der Waals surface area (Å²) in [5.41, 5.74) is 1.28. The van der Waals surface area contributed by atoms with Crippen LogP contribution in [-0.2, 0) is 0 Å². The molecule has 2 N–H and O–H groups in total. The van der Waals surface area contributed by atoms with Gasteiger partial charge in [0.15, 0.2) is 5.65 Å². The minimum atomic E-state index is -0.101. The lowest BCUT2D eigenvalue weighted by atomic mass is 9.94. The van der Waals surface area contributed by atoms with Crippen LogP contribution < -0.4 is 10.9 Å². The van der Waals surface area contributed by atoms with E-state index < -0.39 is 0 Å². The van der Waals surface area contributed by atoms with Crippen molar-refractivity contribution in [2.75, 3.05) is 13.1 Å². The van der Waals surface area contributed by atoms with E-state index in [1.54, 1.807) is 12.3 Å². The number of fused-ring (bicyclic) bond motifs is 1. The Balaban J connectivity index is 2.10. The molecule has 0 bridgehead atoms. The van der Waals surface area contributed by atoms with E-state index in [1.165, 1.54) is 4.52 Å². The molecule has 3 heterocycles. The predicted octanol–water partition coefficient (Wildman–Crippen LogP) is 1.14. The largest absolute Gasteiger partial charge is 0.317 e. The molecule has 1 aliphatic heterocycles. The van der Waals surface area contributed by atoms with Gasteiger partial charge in [0.1, 0.15) is 5.02 Å². The van der Waals surface area contributed by atoms with E-state index >= 15 is 0 Å². The Bertz CT molecular complexity index is 597. The van der Waals surface area contributed by atoms with Gasteiger partial charge in [-0.1, -0.05) is 11.6 Å². The molecule has 0 radical (unpaired) electrons. The fraction of sp³-hybridized carbons (Fsp3) is 0.455. The van der Waals surface area contributed by atoms with Crippen molar-refractivity contribution in [1.82, 2.24) is 19.9 Å². The number of nitrogens with one attached hydrogen (secondary N) is 2. The molecule has 0 spiro atoms. The summed E-state index contributed by atoms with van der Waals surface area (Å²) < 4.78 is 1.37. The zero-order valence-corrected chi connectivity index (χ0v) is 10.00. The number of piperidine rings is 1. The average Bonchev–Trinajstić information content (AvgIpc) is 2.73. The Kier molecular flexibility index (Phi) is 2.64. The van der Waals surface area contributed by atoms with Crippen LogP contribution in [0.2, 0.25) is 5.02 Å². The molecule has 0 aliphatic carbocycles. The molecule has 2 aromatic heterocycles. The van der Waals surface area contributed by atoms with Gasteiger partial charge in [-0.3, -0.25) is 9.89 Å². The number of H-pyrrole nitrogens is 1. The van der Waals surface area contributed by atoms with Crippen molar-refractivity contribution < 1.29 is 0 Å². The first-order valence-electron chi connectivity index (χ1n) is 5.73. The average molecular weight is 253 g/mol. The topological polar surface area (TPSA) is 62.2 Å². The number of aromatic nitrogens is 3. The molecule has 5 nitrogen and oxygen atoms in total. The van der Waals surface area contributed by atoms with Crippen LogP contribution in [0.1, 0.15) is 24.5 Å². The third-order valence-electron chi connectivity index (χ3n) is 3.23. The highest BCUT2D eigenvalue weighted by molar-refractivity contribution is 6.33. The Labute approximate surface area is 103 Å². The van der Waals surface area contributed by atoms with Gasteiger partial charge in [0.25, 0.3) is 5.56 Å². The van der Waals surface area contributed by atoms with Crippen molar-refractivity contribution in [3.63, 3.8) is 0 Å². The van der Waals surface area contributed by atoms with Crippen LogP contribution in [0.25, 0.3) is 5.65 Å². The number of rotatable bonds is 1. The van der Waals surface area contributed by atoms with Crippen LogP contribution in [0.3, 0.4) is 0 Å². The molecular weight excluding hydrogens is 240 g/mol. The van der Waals surface area contributed by atoms with Gasteiger partial charge in [-0.05, 0) is 25.9 Å². The highest BCUT2D eigenvalue weighted by atomic mass is 35.5. The summed E-state index contributed by atoms with van der Waals surface area (Å²) in [4.78, 5) is 16.4. The van der Waals surface area contributed by atoms with Crippen molar-refractivity contribution in [3.05, 3.63) is 33.3 Å². The zero-order chi connectivity index (χ0) is 11.8. The first kappa shape index (κ1) is 10.8. The standard InChI is InChI=1S/C11H13ClN4O/c12-8-6-14-16-10(17)5-9(15-11(8)16)7-1-3-13-4-2-7/h5-7,13-14H,1-4H2. The highest BCUT2D eigenvalue weighted by Crippen LogP contribution is 2.23. The molecule has 0 atom stereocenters. The second kappa shape index (κ2) is 4.16. The van der Waals surface area contributed by atoms with E-state index in [0.717, 1.165) is 31.6 Å². The number of aromatic amines is 1. The maximum absolute atomic E-state index is 11.9. The van der Waals surface area contributed by atoms with Crippen LogP contribution in [0.5, 0.6) is 0 Å². The van der Waals surface area contributed by atoms with Gasteiger partial charge in [-0.2, -0.15) is 0 Å². The number of halogens is 1. The molecule has 1 fully saturated rings. The Hall–Kier alpha value is -1.33. The molecule has 0 saturated carbocycles. The Morgan fingerprint density at radius 3 is 2.94 bits per heavy atom. The van der Waals surface area contributed by atoms with E-state index in [2.05, 4.69) is 15.4 Å². The fourth-order valence-electron chi connectivity index (χ4n) is 2.30. The normalized spacial score (nSPS) is 17.7. The van der Waals surface area contributed by atoms with Crippen molar-refractivity contribution in [2.45, 2.75) is 18.8 Å². The van der Waals surface area contributed by atoms with Gasteiger partial charge in [0.05, 0.1) is 5.69 Å². The summed E-state index contributed by atoms with van der Waals surface area (Å²) in [7, 11) is 0. The third kappa shape index (κ3) is 1.85. The minimum absolute atomic E-state index is 0.101. The summed E-state index contributed by atoms with van der Waals surface area (Å²) in [6.45, 7) is 1.96. The second-order valence-corrected chi connectivity index (χ2v) is 4.73. The predicted molar refractivity (Wildman–Crippen MR) is 65.7 cm³/mol. The van der Waals surface area contributed by atoms with E-state index in [1.807, 2.05) is 0 Å². The van der Waals surface area contributed by atoms with E-state index in [0.29, 0.717) is 16.6 Å². The molecule has 17 heavy (non-hydrogen) atoms. The second-order valence-electron chi connectivity index (χ2n) is 4.32. The molecule has 1 saturated heterocycles. The fourth-order valence-corrected chi connectivity index (χ4v) is 2.47. The van der Waals surface area contributed by atoms with Crippen LogP contribution in [-0.4, -0.2) is 27.7 Å². The molecule has 0 amide bonds. The van der Waals surface area contributed by atoms with Gasteiger partial charge in [-0.25, -0.2) is 9.50 Å². The zero-order valence-electron chi connectivity index (χ0n) is 9.24. The monoisotopic (exact) mass is 252 g/mol. The smallest absolute Gasteiger partial charge is 0.272 e. The lowest BCUT2D eigenvalue weighted by molar-refractivity contribution is 0.453. The van der Waals surface area contributed by atoms with Gasteiger partial charge >= 0.3 is 0 Å². The molecule has 6 heteroatoms. The lowest BCUT2D eigenvalue weighted by Crippen LogP contribution is -2.28. The van der Waals surface area contributed by atoms with Gasteiger partial charge in [0.2, 0.25) is 0 Å². The third-order valence-corrected chi connectivity index (χ3v) is 3.51. The molecular formula is C11H13ClN4O. The van der Waals surface area contributed by atoms with Crippen molar-refractivity contribution in [2.24, 2.45) is 0 Å². The summed E-state index contributed by atoms with van der Waals surface area (Å²) >= 11 is 5.99. The number of hydrogen-bond acceptors (Lipinski definition) is 3. The van der Waals surface area contributed by atoms with Gasteiger partial charge in [0, 0.05) is 18.2 Å². The summed E-state index contributed by atoms with van der Waals surface area (Å²) in [6, 6.07) is 1.61. The molecule has 0 unspecified atom stereocenters. The summed E-state index contributed by atoms with van der Waals surface area (Å²) in [5, 5.41) is 6.57. The Morgan fingerprint density at radius 2 is 2.18 bits per heavy atom. The minimum Gasteiger partial charge on any atom is -0.317 e. The first-order chi connectivity index (χ1) is 8.25. The SMILES string of the molecule is O=c1cc(C2CCNCC2)nc2c(Cl)c[nH]n12. The highest BCUT2D eigenvalue weighted by Gasteiger charge is 2.18.